The molecule has 2 aromatic rings. The van der Waals surface area contributed by atoms with Crippen LogP contribution in [-0.4, -0.2) is 14.8 Å². The molecule has 0 unspecified atom stereocenters. The predicted octanol–water partition coefficient (Wildman–Crippen LogP) is 3.23. The van der Waals surface area contributed by atoms with E-state index in [1.165, 1.54) is 6.92 Å². The van der Waals surface area contributed by atoms with Crippen LogP contribution >= 0.6 is 0 Å². The van der Waals surface area contributed by atoms with Gasteiger partial charge >= 0.3 is 0 Å². The maximum Gasteiger partial charge on any atom is 0.273 e. The number of hydrogen-bond acceptors (Lipinski definition) is 3. The van der Waals surface area contributed by atoms with E-state index in [1.807, 2.05) is 26.8 Å². The minimum absolute atomic E-state index is 0.116. The molecule has 0 spiro atoms. The Kier molecular flexibility index (Phi) is 4.13. The number of rotatable bonds is 3. The molecule has 0 saturated carbocycles. The molecule has 0 fully saturated rings. The zero-order valence-electron chi connectivity index (χ0n) is 13.4. The molecule has 0 aliphatic carbocycles. The molecule has 0 aliphatic rings. The molecule has 4 nitrogen and oxygen atoms in total. The Hall–Kier alpha value is -2.11. The van der Waals surface area contributed by atoms with E-state index in [1.54, 1.807) is 0 Å². The number of pyridine rings is 1. The topological polar surface area (TPSA) is 47.8 Å². The quantitative estimate of drug-likeness (QED) is 0.874. The summed E-state index contributed by atoms with van der Waals surface area (Å²) >= 11 is 0. The summed E-state index contributed by atoms with van der Waals surface area (Å²) in [5, 5.41) is 4.03. The molecule has 0 saturated heterocycles. The summed E-state index contributed by atoms with van der Waals surface area (Å²) in [4.78, 5) is 16.6. The molecule has 6 heteroatoms. The molecule has 0 aliphatic heterocycles. The average molecular weight is 307 g/mol. The largest absolute Gasteiger partial charge is 0.273 e. The third-order valence-corrected chi connectivity index (χ3v) is 3.65. The first-order valence-electron chi connectivity index (χ1n) is 7.12. The van der Waals surface area contributed by atoms with Gasteiger partial charge in [0.15, 0.2) is 5.82 Å². The van der Waals surface area contributed by atoms with Crippen molar-refractivity contribution in [1.82, 2.24) is 14.8 Å². The SMILES string of the molecule is CCc1cc(C)c(-n2nc(C)c(C(C)(F)F)cc2=O)nc1C. The van der Waals surface area contributed by atoms with Crippen molar-refractivity contribution in [2.45, 2.75) is 47.0 Å². The fourth-order valence-corrected chi connectivity index (χ4v) is 2.46. The first-order chi connectivity index (χ1) is 10.1. The van der Waals surface area contributed by atoms with E-state index >= 15 is 0 Å². The van der Waals surface area contributed by atoms with Crippen LogP contribution in [0.2, 0.25) is 0 Å². The van der Waals surface area contributed by atoms with Gasteiger partial charge < -0.3 is 0 Å². The lowest BCUT2D eigenvalue weighted by molar-refractivity contribution is 0.0160. The van der Waals surface area contributed by atoms with Gasteiger partial charge in [-0.2, -0.15) is 9.78 Å². The van der Waals surface area contributed by atoms with Crippen molar-refractivity contribution in [3.05, 3.63) is 50.6 Å². The molecule has 2 rings (SSSR count). The highest BCUT2D eigenvalue weighted by atomic mass is 19.3. The van der Waals surface area contributed by atoms with Gasteiger partial charge in [0.2, 0.25) is 0 Å². The molecule has 2 aromatic heterocycles. The lowest BCUT2D eigenvalue weighted by Crippen LogP contribution is -2.27. The third-order valence-electron chi connectivity index (χ3n) is 3.65. The molecular weight excluding hydrogens is 288 g/mol. The second kappa shape index (κ2) is 5.59. The summed E-state index contributed by atoms with van der Waals surface area (Å²) in [6.45, 7) is 7.92. The Morgan fingerprint density at radius 3 is 2.36 bits per heavy atom. The van der Waals surface area contributed by atoms with E-state index in [2.05, 4.69) is 10.1 Å². The van der Waals surface area contributed by atoms with Crippen LogP contribution in [0.4, 0.5) is 8.78 Å². The van der Waals surface area contributed by atoms with Crippen molar-refractivity contribution in [3.8, 4) is 5.82 Å². The van der Waals surface area contributed by atoms with Gasteiger partial charge in [0.1, 0.15) is 0 Å². The maximum absolute atomic E-state index is 13.5. The summed E-state index contributed by atoms with van der Waals surface area (Å²) in [5.41, 5.74) is 1.83. The van der Waals surface area contributed by atoms with Crippen molar-refractivity contribution >= 4 is 0 Å². The van der Waals surface area contributed by atoms with Crippen LogP contribution in [0.3, 0.4) is 0 Å². The van der Waals surface area contributed by atoms with Crippen LogP contribution in [0.5, 0.6) is 0 Å². The van der Waals surface area contributed by atoms with Crippen molar-refractivity contribution < 1.29 is 8.78 Å². The highest BCUT2D eigenvalue weighted by Crippen LogP contribution is 2.27. The maximum atomic E-state index is 13.5. The molecule has 0 bridgehead atoms. The second-order valence-electron chi connectivity index (χ2n) is 5.51. The van der Waals surface area contributed by atoms with Crippen LogP contribution in [0.15, 0.2) is 16.9 Å². The molecule has 0 atom stereocenters. The first kappa shape index (κ1) is 16.3. The number of halogens is 2. The predicted molar refractivity (Wildman–Crippen MR) is 80.8 cm³/mol. The lowest BCUT2D eigenvalue weighted by atomic mass is 10.1. The van der Waals surface area contributed by atoms with Crippen molar-refractivity contribution in [3.63, 3.8) is 0 Å². The zero-order chi connectivity index (χ0) is 16.7. The monoisotopic (exact) mass is 307 g/mol. The third kappa shape index (κ3) is 2.91. The molecule has 0 aromatic carbocycles. The zero-order valence-corrected chi connectivity index (χ0v) is 13.4. The molecule has 118 valence electrons. The second-order valence-corrected chi connectivity index (χ2v) is 5.51. The molecular formula is C16H19F2N3O. The standard InChI is InChI=1S/C16H19F2N3O/c1-6-12-7-9(2)15(19-10(12)3)21-14(22)8-13(11(4)20-21)16(5,17)18/h7-8H,6H2,1-5H3. The Morgan fingerprint density at radius 2 is 1.82 bits per heavy atom. The van der Waals surface area contributed by atoms with Crippen LogP contribution in [0.1, 0.15) is 41.9 Å². The minimum atomic E-state index is -3.10. The molecule has 0 amide bonds. The highest BCUT2D eigenvalue weighted by Gasteiger charge is 2.28. The van der Waals surface area contributed by atoms with Crippen LogP contribution in [0.25, 0.3) is 5.82 Å². The molecule has 0 radical (unpaired) electrons. The Balaban J connectivity index is 2.67. The van der Waals surface area contributed by atoms with E-state index < -0.39 is 11.5 Å². The summed E-state index contributed by atoms with van der Waals surface area (Å²) < 4.78 is 28.0. The van der Waals surface area contributed by atoms with Gasteiger partial charge in [-0.25, -0.2) is 13.8 Å². The minimum Gasteiger partial charge on any atom is -0.267 e. The Labute approximate surface area is 127 Å². The first-order valence-corrected chi connectivity index (χ1v) is 7.12. The molecule has 0 N–H and O–H groups in total. The summed E-state index contributed by atoms with van der Waals surface area (Å²) in [6, 6.07) is 2.88. The lowest BCUT2D eigenvalue weighted by Gasteiger charge is -2.15. The molecule has 22 heavy (non-hydrogen) atoms. The summed E-state index contributed by atoms with van der Waals surface area (Å²) in [6.07, 6.45) is 0.836. The smallest absolute Gasteiger partial charge is 0.267 e. The fourth-order valence-electron chi connectivity index (χ4n) is 2.46. The van der Waals surface area contributed by atoms with Gasteiger partial charge in [-0.05, 0) is 38.3 Å². The Morgan fingerprint density at radius 1 is 1.18 bits per heavy atom. The summed E-state index contributed by atoms with van der Waals surface area (Å²) in [7, 11) is 0. The number of hydrogen-bond donors (Lipinski definition) is 0. The average Bonchev–Trinajstić information content (AvgIpc) is 2.42. The summed E-state index contributed by atoms with van der Waals surface area (Å²) in [5.74, 6) is -2.71. The number of alkyl halides is 2. The number of aromatic nitrogens is 3. The van der Waals surface area contributed by atoms with Crippen molar-refractivity contribution in [1.29, 1.82) is 0 Å². The van der Waals surface area contributed by atoms with Crippen molar-refractivity contribution in [2.24, 2.45) is 0 Å². The van der Waals surface area contributed by atoms with Crippen LogP contribution in [0, 0.1) is 20.8 Å². The highest BCUT2D eigenvalue weighted by molar-refractivity contribution is 5.38. The van der Waals surface area contributed by atoms with Gasteiger partial charge in [-0.15, -0.1) is 0 Å². The van der Waals surface area contributed by atoms with Gasteiger partial charge in [0.25, 0.3) is 11.5 Å². The molecule has 2 heterocycles. The van der Waals surface area contributed by atoms with Crippen LogP contribution < -0.4 is 5.56 Å². The van der Waals surface area contributed by atoms with Gasteiger partial charge in [-0.3, -0.25) is 4.79 Å². The van der Waals surface area contributed by atoms with Gasteiger partial charge in [-0.1, -0.05) is 13.0 Å². The van der Waals surface area contributed by atoms with E-state index in [9.17, 15) is 13.6 Å². The van der Waals surface area contributed by atoms with E-state index in [0.717, 1.165) is 40.9 Å². The van der Waals surface area contributed by atoms with Crippen molar-refractivity contribution in [2.75, 3.05) is 0 Å². The fraction of sp³-hybridized carbons (Fsp3) is 0.438. The normalized spacial score (nSPS) is 11.8. The van der Waals surface area contributed by atoms with E-state index in [4.69, 9.17) is 0 Å². The van der Waals surface area contributed by atoms with Crippen LogP contribution in [-0.2, 0) is 12.3 Å². The van der Waals surface area contributed by atoms with E-state index in [0.29, 0.717) is 5.82 Å². The Bertz CT molecular complexity index is 776. The van der Waals surface area contributed by atoms with Gasteiger partial charge in [0, 0.05) is 24.2 Å². The van der Waals surface area contributed by atoms with Gasteiger partial charge in [0.05, 0.1) is 5.69 Å². The number of aryl methyl sites for hydroxylation is 4. The number of nitrogens with zero attached hydrogens (tertiary/aromatic N) is 3. The van der Waals surface area contributed by atoms with E-state index in [-0.39, 0.29) is 11.3 Å².